The van der Waals surface area contributed by atoms with Crippen molar-refractivity contribution in [3.63, 3.8) is 0 Å². The van der Waals surface area contributed by atoms with E-state index in [0.717, 1.165) is 0 Å². The number of ketones is 1. The molecule has 2 rings (SSSR count). The van der Waals surface area contributed by atoms with Crippen molar-refractivity contribution in [2.45, 2.75) is 18.2 Å². The molecular formula is C11H9BrO3S. The summed E-state index contributed by atoms with van der Waals surface area (Å²) in [5.74, 6) is -0.0470. The maximum atomic E-state index is 11.8. The zero-order valence-electron chi connectivity index (χ0n) is 8.53. The molecule has 3 nitrogen and oxygen atoms in total. The lowest BCUT2D eigenvalue weighted by atomic mass is 10.0. The van der Waals surface area contributed by atoms with Crippen molar-refractivity contribution < 1.29 is 13.2 Å². The average molecular weight is 301 g/mol. The Kier molecular flexibility index (Phi) is 2.75. The Morgan fingerprint density at radius 2 is 2.06 bits per heavy atom. The number of hydrogen-bond acceptors (Lipinski definition) is 3. The van der Waals surface area contributed by atoms with Gasteiger partial charge in [0.15, 0.2) is 0 Å². The van der Waals surface area contributed by atoms with Crippen LogP contribution >= 0.6 is 15.9 Å². The van der Waals surface area contributed by atoms with Crippen LogP contribution in [0, 0.1) is 0 Å². The highest BCUT2D eigenvalue weighted by atomic mass is 79.9. The standard InChI is InChI=1S/C11H9BrO3S/c1-7(13)5-8-6-16(14,15)11-9(8)3-2-4-10(11)12/h2-4,6H,5H2,1H3. The zero-order chi connectivity index (χ0) is 11.9. The average Bonchev–Trinajstić information content (AvgIpc) is 2.38. The highest BCUT2D eigenvalue weighted by molar-refractivity contribution is 9.10. The first kappa shape index (κ1) is 11.5. The van der Waals surface area contributed by atoms with Crippen molar-refractivity contribution in [3.05, 3.63) is 33.6 Å². The molecule has 16 heavy (non-hydrogen) atoms. The number of fused-ring (bicyclic) bond motifs is 1. The van der Waals surface area contributed by atoms with Crippen molar-refractivity contribution in [2.24, 2.45) is 0 Å². The van der Waals surface area contributed by atoms with Crippen LogP contribution in [0.2, 0.25) is 0 Å². The second kappa shape index (κ2) is 3.82. The molecule has 1 aliphatic rings. The summed E-state index contributed by atoms with van der Waals surface area (Å²) in [5.41, 5.74) is 1.20. The molecule has 0 bridgehead atoms. The molecular weight excluding hydrogens is 292 g/mol. The Hall–Kier alpha value is -0.940. The van der Waals surface area contributed by atoms with Gasteiger partial charge in [-0.25, -0.2) is 8.42 Å². The lowest BCUT2D eigenvalue weighted by Gasteiger charge is -2.03. The van der Waals surface area contributed by atoms with Gasteiger partial charge in [0.2, 0.25) is 9.84 Å². The second-order valence-electron chi connectivity index (χ2n) is 3.68. The molecule has 1 aromatic carbocycles. The molecule has 0 aliphatic carbocycles. The summed E-state index contributed by atoms with van der Waals surface area (Å²) in [6.07, 6.45) is 0.155. The van der Waals surface area contributed by atoms with Gasteiger partial charge < -0.3 is 0 Å². The number of carbonyl (C=O) groups is 1. The van der Waals surface area contributed by atoms with Gasteiger partial charge in [-0.3, -0.25) is 4.79 Å². The monoisotopic (exact) mass is 300 g/mol. The predicted molar refractivity (Wildman–Crippen MR) is 64.6 cm³/mol. The van der Waals surface area contributed by atoms with E-state index in [1.807, 2.05) is 0 Å². The molecule has 5 heteroatoms. The Morgan fingerprint density at radius 3 is 2.69 bits per heavy atom. The first-order valence-electron chi connectivity index (χ1n) is 4.66. The smallest absolute Gasteiger partial charge is 0.201 e. The van der Waals surface area contributed by atoms with Gasteiger partial charge in [-0.2, -0.15) is 0 Å². The van der Waals surface area contributed by atoms with E-state index in [1.54, 1.807) is 18.2 Å². The summed E-state index contributed by atoms with van der Waals surface area (Å²) in [5, 5.41) is 1.18. The number of hydrogen-bond donors (Lipinski definition) is 0. The molecule has 0 amide bonds. The maximum absolute atomic E-state index is 11.8. The van der Waals surface area contributed by atoms with E-state index in [2.05, 4.69) is 15.9 Å². The largest absolute Gasteiger partial charge is 0.300 e. The van der Waals surface area contributed by atoms with Gasteiger partial charge in [0.25, 0.3) is 0 Å². The quantitative estimate of drug-likeness (QED) is 0.843. The normalized spacial score (nSPS) is 16.8. The van der Waals surface area contributed by atoms with Crippen LogP contribution in [0.25, 0.3) is 5.57 Å². The van der Waals surface area contributed by atoms with Crippen LogP contribution in [-0.2, 0) is 14.6 Å². The highest BCUT2D eigenvalue weighted by Gasteiger charge is 2.29. The predicted octanol–water partition coefficient (Wildman–Crippen LogP) is 2.56. The molecule has 0 atom stereocenters. The summed E-state index contributed by atoms with van der Waals surface area (Å²) in [4.78, 5) is 11.3. The van der Waals surface area contributed by atoms with Crippen LogP contribution in [-0.4, -0.2) is 14.2 Å². The highest BCUT2D eigenvalue weighted by Crippen LogP contribution is 2.39. The van der Waals surface area contributed by atoms with Crippen molar-refractivity contribution >= 4 is 37.1 Å². The Labute approximate surface area is 102 Å². The fourth-order valence-corrected chi connectivity index (χ4v) is 4.36. The minimum Gasteiger partial charge on any atom is -0.300 e. The molecule has 0 spiro atoms. The molecule has 0 N–H and O–H groups in total. The number of sulfone groups is 1. The van der Waals surface area contributed by atoms with Crippen molar-refractivity contribution in [1.29, 1.82) is 0 Å². The molecule has 0 saturated heterocycles. The Bertz CT molecular complexity index is 600. The third-order valence-electron chi connectivity index (χ3n) is 2.33. The van der Waals surface area contributed by atoms with Crippen LogP contribution in [0.4, 0.5) is 0 Å². The van der Waals surface area contributed by atoms with Crippen LogP contribution in [0.3, 0.4) is 0 Å². The van der Waals surface area contributed by atoms with Gasteiger partial charge in [-0.05, 0) is 40.1 Å². The molecule has 1 heterocycles. The molecule has 0 radical (unpaired) electrons. The van der Waals surface area contributed by atoms with Crippen LogP contribution in [0.15, 0.2) is 33.0 Å². The minimum atomic E-state index is -3.39. The molecule has 1 aliphatic heterocycles. The molecule has 1 aromatic rings. The van der Waals surface area contributed by atoms with Crippen LogP contribution in [0.5, 0.6) is 0 Å². The van der Waals surface area contributed by atoms with E-state index < -0.39 is 9.84 Å². The zero-order valence-corrected chi connectivity index (χ0v) is 10.9. The number of allylic oxidation sites excluding steroid dienone is 1. The maximum Gasteiger partial charge on any atom is 0.201 e. The summed E-state index contributed by atoms with van der Waals surface area (Å²) >= 11 is 3.22. The number of carbonyl (C=O) groups excluding carboxylic acids is 1. The van der Waals surface area contributed by atoms with Gasteiger partial charge in [0, 0.05) is 16.3 Å². The molecule has 0 saturated carbocycles. The van der Waals surface area contributed by atoms with Gasteiger partial charge in [0.05, 0.1) is 4.90 Å². The summed E-state index contributed by atoms with van der Waals surface area (Å²) in [6, 6.07) is 5.16. The fourth-order valence-electron chi connectivity index (χ4n) is 1.77. The van der Waals surface area contributed by atoms with Crippen LogP contribution < -0.4 is 0 Å². The lowest BCUT2D eigenvalue weighted by molar-refractivity contribution is -0.116. The van der Waals surface area contributed by atoms with Gasteiger partial charge >= 0.3 is 0 Å². The van der Waals surface area contributed by atoms with Crippen molar-refractivity contribution in [2.75, 3.05) is 0 Å². The SMILES string of the molecule is CC(=O)CC1=CS(=O)(=O)c2c(Br)cccc21. The topological polar surface area (TPSA) is 51.2 Å². The first-order chi connectivity index (χ1) is 7.42. The molecule has 0 fully saturated rings. The minimum absolute atomic E-state index is 0.0470. The molecule has 84 valence electrons. The number of rotatable bonds is 2. The van der Waals surface area contributed by atoms with Gasteiger partial charge in [-0.1, -0.05) is 12.1 Å². The van der Waals surface area contributed by atoms with E-state index in [1.165, 1.54) is 12.3 Å². The number of benzene rings is 1. The van der Waals surface area contributed by atoms with Gasteiger partial charge in [0.1, 0.15) is 5.78 Å². The number of halogens is 1. The number of Topliss-reactive ketones (excluding diaryl/α,β-unsaturated/α-hetero) is 1. The van der Waals surface area contributed by atoms with Crippen LogP contribution in [0.1, 0.15) is 18.9 Å². The molecule has 0 aromatic heterocycles. The first-order valence-corrected chi connectivity index (χ1v) is 7.00. The summed E-state index contributed by atoms with van der Waals surface area (Å²) < 4.78 is 24.2. The molecule has 0 unspecified atom stereocenters. The lowest BCUT2D eigenvalue weighted by Crippen LogP contribution is -1.95. The summed E-state index contributed by atoms with van der Waals surface area (Å²) in [7, 11) is -3.39. The van der Waals surface area contributed by atoms with E-state index in [9.17, 15) is 13.2 Å². The van der Waals surface area contributed by atoms with Crippen molar-refractivity contribution in [1.82, 2.24) is 0 Å². The van der Waals surface area contributed by atoms with E-state index in [4.69, 9.17) is 0 Å². The fraction of sp³-hybridized carbons (Fsp3) is 0.182. The van der Waals surface area contributed by atoms with E-state index >= 15 is 0 Å². The Balaban J connectivity index is 2.65. The van der Waals surface area contributed by atoms with E-state index in [-0.39, 0.29) is 17.1 Å². The third-order valence-corrected chi connectivity index (χ3v) is 4.86. The Morgan fingerprint density at radius 1 is 1.38 bits per heavy atom. The summed E-state index contributed by atoms with van der Waals surface area (Å²) in [6.45, 7) is 1.45. The van der Waals surface area contributed by atoms with E-state index in [0.29, 0.717) is 15.6 Å². The van der Waals surface area contributed by atoms with Crippen molar-refractivity contribution in [3.8, 4) is 0 Å². The third kappa shape index (κ3) is 1.85. The second-order valence-corrected chi connectivity index (χ2v) is 6.27. The van der Waals surface area contributed by atoms with Gasteiger partial charge in [-0.15, -0.1) is 0 Å².